The maximum absolute atomic E-state index is 12.8. The van der Waals surface area contributed by atoms with E-state index < -0.39 is 17.2 Å². The quantitative estimate of drug-likeness (QED) is 0.761. The third-order valence-corrected chi connectivity index (χ3v) is 6.06. The number of benzene rings is 1. The number of quaternary nitrogens is 1. The molecule has 0 aromatic heterocycles. The largest absolute Gasteiger partial charge is 0.515 e. The third-order valence-electron chi connectivity index (χ3n) is 6.06. The normalized spacial score (nSPS) is 24.7. The number of carboxylic acid groups (broad SMARTS) is 1. The zero-order chi connectivity index (χ0) is 19.7. The van der Waals surface area contributed by atoms with Gasteiger partial charge in [0, 0.05) is 17.2 Å². The first-order chi connectivity index (χ1) is 12.8. The van der Waals surface area contributed by atoms with Crippen LogP contribution in [0.15, 0.2) is 35.3 Å². The zero-order valence-electron chi connectivity index (χ0n) is 16.4. The van der Waals surface area contributed by atoms with Gasteiger partial charge in [0.2, 0.25) is 5.66 Å². The molecule has 1 aromatic rings. The van der Waals surface area contributed by atoms with Crippen molar-refractivity contribution in [1.29, 1.82) is 5.26 Å². The Morgan fingerprint density at radius 3 is 2.22 bits per heavy atom. The van der Waals surface area contributed by atoms with Crippen molar-refractivity contribution >= 4 is 17.9 Å². The van der Waals surface area contributed by atoms with Crippen LogP contribution in [0.3, 0.4) is 0 Å². The Kier molecular flexibility index (Phi) is 4.96. The Morgan fingerprint density at radius 2 is 1.74 bits per heavy atom. The SMILES string of the molecule is CC(C)(C)C1([N+]2(C(=O)O)CCCCCC2)N=CC=C1c1ccc(C#N)cc1. The van der Waals surface area contributed by atoms with E-state index in [0.717, 1.165) is 36.8 Å². The van der Waals surface area contributed by atoms with E-state index in [2.05, 4.69) is 26.8 Å². The zero-order valence-corrected chi connectivity index (χ0v) is 16.4. The summed E-state index contributed by atoms with van der Waals surface area (Å²) in [7, 11) is 0. The second-order valence-electron chi connectivity index (χ2n) is 8.58. The van der Waals surface area contributed by atoms with Crippen LogP contribution in [0, 0.1) is 16.7 Å². The fourth-order valence-electron chi connectivity index (χ4n) is 4.89. The van der Waals surface area contributed by atoms with Gasteiger partial charge in [-0.15, -0.1) is 0 Å². The molecule has 3 rings (SSSR count). The summed E-state index contributed by atoms with van der Waals surface area (Å²) in [5.41, 5.74) is 1.17. The van der Waals surface area contributed by atoms with Gasteiger partial charge in [-0.25, -0.2) is 4.99 Å². The minimum absolute atomic E-state index is 0.0567. The van der Waals surface area contributed by atoms with Crippen molar-refractivity contribution in [2.75, 3.05) is 13.1 Å². The lowest BCUT2D eigenvalue weighted by Gasteiger charge is -2.52. The standard InChI is InChI=1S/C22H27N3O2/c1-21(2,3)22(25(20(26)27)14-6-4-5-7-15-25)19(12-13-24-22)18-10-8-17(16-23)9-11-18/h8-13H,4-7,14-15H2,1-3H3/p+1. The monoisotopic (exact) mass is 366 g/mol. The maximum atomic E-state index is 12.8. The maximum Gasteiger partial charge on any atom is 0.515 e. The van der Waals surface area contributed by atoms with Gasteiger partial charge in [-0.3, -0.25) is 0 Å². The minimum Gasteiger partial charge on any atom is -0.435 e. The molecular formula is C22H28N3O2+. The Hall–Kier alpha value is -2.45. The van der Waals surface area contributed by atoms with Crippen LogP contribution in [0.25, 0.3) is 5.57 Å². The first kappa shape index (κ1) is 19.3. The number of carbonyl (C=O) groups is 1. The molecule has 27 heavy (non-hydrogen) atoms. The molecule has 1 fully saturated rings. The Morgan fingerprint density at radius 1 is 1.15 bits per heavy atom. The van der Waals surface area contributed by atoms with Gasteiger partial charge < -0.3 is 5.11 Å². The van der Waals surface area contributed by atoms with Gasteiger partial charge in [-0.05, 0) is 49.5 Å². The lowest BCUT2D eigenvalue weighted by Crippen LogP contribution is -2.71. The second kappa shape index (κ2) is 6.94. The summed E-state index contributed by atoms with van der Waals surface area (Å²) in [5, 5.41) is 19.6. The molecule has 0 saturated carbocycles. The number of aliphatic imine (C=N–C) groups is 1. The van der Waals surface area contributed by atoms with E-state index in [1.807, 2.05) is 18.2 Å². The molecule has 2 heterocycles. The van der Waals surface area contributed by atoms with E-state index in [1.54, 1.807) is 18.3 Å². The average molecular weight is 366 g/mol. The Bertz CT molecular complexity index is 817. The summed E-state index contributed by atoms with van der Waals surface area (Å²) < 4.78 is -0.0567. The number of hydrogen-bond acceptors (Lipinski definition) is 3. The lowest BCUT2D eigenvalue weighted by molar-refractivity contribution is -0.906. The molecule has 1 atom stereocenters. The molecule has 1 N–H and O–H groups in total. The van der Waals surface area contributed by atoms with Gasteiger partial charge in [0.05, 0.1) is 24.7 Å². The number of rotatable bonds is 2. The molecule has 1 aromatic carbocycles. The first-order valence-electron chi connectivity index (χ1n) is 9.66. The van der Waals surface area contributed by atoms with Crippen molar-refractivity contribution in [3.05, 3.63) is 41.5 Å². The summed E-state index contributed by atoms with van der Waals surface area (Å²) in [6.07, 6.45) is 6.83. The van der Waals surface area contributed by atoms with Crippen molar-refractivity contribution < 1.29 is 14.4 Å². The molecule has 0 radical (unpaired) electrons. The van der Waals surface area contributed by atoms with E-state index in [0.29, 0.717) is 18.7 Å². The van der Waals surface area contributed by atoms with Crippen LogP contribution >= 0.6 is 0 Å². The van der Waals surface area contributed by atoms with Crippen molar-refractivity contribution in [2.24, 2.45) is 10.4 Å². The van der Waals surface area contributed by atoms with Gasteiger partial charge in [0.15, 0.2) is 0 Å². The molecular weight excluding hydrogens is 338 g/mol. The number of nitriles is 1. The second-order valence-corrected chi connectivity index (χ2v) is 8.58. The number of allylic oxidation sites excluding steroid dienone is 1. The van der Waals surface area contributed by atoms with Crippen molar-refractivity contribution in [2.45, 2.75) is 52.1 Å². The van der Waals surface area contributed by atoms with Crippen LogP contribution in [0.5, 0.6) is 0 Å². The molecule has 142 valence electrons. The van der Waals surface area contributed by atoms with Crippen molar-refractivity contribution in [1.82, 2.24) is 0 Å². The van der Waals surface area contributed by atoms with E-state index in [4.69, 9.17) is 10.3 Å². The number of likely N-dealkylation sites (tertiary alicyclic amines) is 1. The van der Waals surface area contributed by atoms with Crippen LogP contribution in [0.1, 0.15) is 57.6 Å². The number of amides is 1. The van der Waals surface area contributed by atoms with E-state index in [-0.39, 0.29) is 4.48 Å². The highest BCUT2D eigenvalue weighted by Crippen LogP contribution is 2.53. The Labute approximate surface area is 161 Å². The third kappa shape index (κ3) is 2.89. The predicted molar refractivity (Wildman–Crippen MR) is 106 cm³/mol. The highest BCUT2D eigenvalue weighted by Gasteiger charge is 2.65. The molecule has 0 aliphatic carbocycles. The fourth-order valence-corrected chi connectivity index (χ4v) is 4.89. The molecule has 2 aliphatic rings. The summed E-state index contributed by atoms with van der Waals surface area (Å²) in [4.78, 5) is 17.7. The highest BCUT2D eigenvalue weighted by molar-refractivity contribution is 5.94. The summed E-state index contributed by atoms with van der Waals surface area (Å²) >= 11 is 0. The molecule has 2 aliphatic heterocycles. The lowest BCUT2D eigenvalue weighted by atomic mass is 9.71. The van der Waals surface area contributed by atoms with Gasteiger partial charge in [0.25, 0.3) is 0 Å². The van der Waals surface area contributed by atoms with Crippen LogP contribution < -0.4 is 0 Å². The molecule has 1 saturated heterocycles. The fraction of sp³-hybridized carbons (Fsp3) is 0.500. The topological polar surface area (TPSA) is 73.4 Å². The van der Waals surface area contributed by atoms with Crippen LogP contribution in [0.4, 0.5) is 4.79 Å². The minimum atomic E-state index is -0.892. The van der Waals surface area contributed by atoms with Gasteiger partial charge >= 0.3 is 6.09 Å². The predicted octanol–water partition coefficient (Wildman–Crippen LogP) is 4.84. The van der Waals surface area contributed by atoms with Crippen LogP contribution in [0.2, 0.25) is 0 Å². The van der Waals surface area contributed by atoms with Crippen LogP contribution in [-0.4, -0.2) is 40.6 Å². The van der Waals surface area contributed by atoms with Crippen LogP contribution in [-0.2, 0) is 0 Å². The molecule has 1 unspecified atom stereocenters. The number of hydrogen-bond donors (Lipinski definition) is 1. The van der Waals surface area contributed by atoms with Crippen molar-refractivity contribution in [3.8, 4) is 6.07 Å². The number of nitrogens with zero attached hydrogens (tertiary/aromatic N) is 3. The van der Waals surface area contributed by atoms with Gasteiger partial charge in [-0.1, -0.05) is 32.9 Å². The molecule has 5 nitrogen and oxygen atoms in total. The molecule has 5 heteroatoms. The summed E-state index contributed by atoms with van der Waals surface area (Å²) in [6.45, 7) is 7.41. The van der Waals surface area contributed by atoms with E-state index in [9.17, 15) is 9.90 Å². The first-order valence-corrected chi connectivity index (χ1v) is 9.66. The van der Waals surface area contributed by atoms with E-state index in [1.165, 1.54) is 0 Å². The molecule has 0 bridgehead atoms. The smallest absolute Gasteiger partial charge is 0.435 e. The average Bonchev–Trinajstić information content (AvgIpc) is 2.94. The summed E-state index contributed by atoms with van der Waals surface area (Å²) in [5.74, 6) is 0. The van der Waals surface area contributed by atoms with E-state index >= 15 is 0 Å². The van der Waals surface area contributed by atoms with Gasteiger partial charge in [0.1, 0.15) is 0 Å². The summed E-state index contributed by atoms with van der Waals surface area (Å²) in [6, 6.07) is 9.54. The van der Waals surface area contributed by atoms with Crippen molar-refractivity contribution in [3.63, 3.8) is 0 Å². The molecule has 1 amide bonds. The highest BCUT2D eigenvalue weighted by atomic mass is 16.4. The Balaban J connectivity index is 2.22. The molecule has 0 spiro atoms. The van der Waals surface area contributed by atoms with Gasteiger partial charge in [-0.2, -0.15) is 14.5 Å².